The quantitative estimate of drug-likeness (QED) is 0.671. The van der Waals surface area contributed by atoms with E-state index in [2.05, 4.69) is 10.6 Å². The second-order valence-electron chi connectivity index (χ2n) is 5.84. The van der Waals surface area contributed by atoms with Crippen LogP contribution in [0.1, 0.15) is 45.4 Å². The first-order valence-electron chi connectivity index (χ1n) is 7.36. The Kier molecular flexibility index (Phi) is 4.80. The van der Waals surface area contributed by atoms with Gasteiger partial charge in [0, 0.05) is 12.1 Å². The third kappa shape index (κ3) is 3.47. The fourth-order valence-electron chi connectivity index (χ4n) is 3.28. The van der Waals surface area contributed by atoms with Crippen LogP contribution in [-0.2, 0) is 9.59 Å². The van der Waals surface area contributed by atoms with Crippen molar-refractivity contribution in [2.75, 3.05) is 6.54 Å². The summed E-state index contributed by atoms with van der Waals surface area (Å²) in [5, 5.41) is 15.6. The SMILES string of the molecule is CC1NCCC1C(=O)NC1CCCCCC1C(=O)O. The molecule has 108 valence electrons. The molecule has 0 aromatic carbocycles. The van der Waals surface area contributed by atoms with Gasteiger partial charge in [-0.3, -0.25) is 9.59 Å². The van der Waals surface area contributed by atoms with E-state index in [0.29, 0.717) is 6.42 Å². The molecule has 4 atom stereocenters. The first kappa shape index (κ1) is 14.3. The minimum absolute atomic E-state index is 0.0160. The first-order valence-corrected chi connectivity index (χ1v) is 7.36. The average molecular weight is 268 g/mol. The first-order chi connectivity index (χ1) is 9.09. The highest BCUT2D eigenvalue weighted by Crippen LogP contribution is 2.25. The van der Waals surface area contributed by atoms with Crippen LogP contribution < -0.4 is 10.6 Å². The third-order valence-corrected chi connectivity index (χ3v) is 4.52. The maximum Gasteiger partial charge on any atom is 0.308 e. The summed E-state index contributed by atoms with van der Waals surface area (Å²) in [4.78, 5) is 23.6. The molecule has 0 aromatic heterocycles. The molecule has 0 bridgehead atoms. The number of carboxylic acids is 1. The Morgan fingerprint density at radius 2 is 1.84 bits per heavy atom. The van der Waals surface area contributed by atoms with Crippen molar-refractivity contribution in [1.82, 2.24) is 10.6 Å². The molecule has 1 aliphatic heterocycles. The van der Waals surface area contributed by atoms with Crippen LogP contribution in [-0.4, -0.2) is 35.6 Å². The number of carboxylic acid groups (broad SMARTS) is 1. The Hall–Kier alpha value is -1.10. The molecule has 1 saturated heterocycles. The second-order valence-corrected chi connectivity index (χ2v) is 5.84. The number of amides is 1. The third-order valence-electron chi connectivity index (χ3n) is 4.52. The van der Waals surface area contributed by atoms with Crippen LogP contribution in [0, 0.1) is 11.8 Å². The van der Waals surface area contributed by atoms with E-state index >= 15 is 0 Å². The molecular weight excluding hydrogens is 244 g/mol. The van der Waals surface area contributed by atoms with Gasteiger partial charge < -0.3 is 15.7 Å². The van der Waals surface area contributed by atoms with Crippen LogP contribution in [0.2, 0.25) is 0 Å². The summed E-state index contributed by atoms with van der Waals surface area (Å²) in [5.41, 5.74) is 0. The summed E-state index contributed by atoms with van der Waals surface area (Å²) in [7, 11) is 0. The van der Waals surface area contributed by atoms with Gasteiger partial charge in [-0.1, -0.05) is 19.3 Å². The fraction of sp³-hybridized carbons (Fsp3) is 0.857. The van der Waals surface area contributed by atoms with E-state index in [0.717, 1.165) is 38.6 Å². The monoisotopic (exact) mass is 268 g/mol. The second kappa shape index (κ2) is 6.37. The fourth-order valence-corrected chi connectivity index (χ4v) is 3.28. The average Bonchev–Trinajstić information content (AvgIpc) is 2.65. The van der Waals surface area contributed by atoms with E-state index in [1.54, 1.807) is 0 Å². The highest BCUT2D eigenvalue weighted by Gasteiger charge is 2.35. The molecule has 4 unspecified atom stereocenters. The summed E-state index contributed by atoms with van der Waals surface area (Å²) in [5.74, 6) is -1.19. The van der Waals surface area contributed by atoms with Gasteiger partial charge in [0.2, 0.25) is 5.91 Å². The van der Waals surface area contributed by atoms with Gasteiger partial charge >= 0.3 is 5.97 Å². The molecule has 5 heteroatoms. The van der Waals surface area contributed by atoms with E-state index in [1.807, 2.05) is 6.92 Å². The Morgan fingerprint density at radius 1 is 1.11 bits per heavy atom. The number of carbonyl (C=O) groups is 2. The molecule has 0 radical (unpaired) electrons. The van der Waals surface area contributed by atoms with Crippen molar-refractivity contribution in [2.24, 2.45) is 11.8 Å². The lowest BCUT2D eigenvalue weighted by Gasteiger charge is -2.25. The van der Waals surface area contributed by atoms with Gasteiger partial charge in [0.05, 0.1) is 11.8 Å². The Labute approximate surface area is 114 Å². The molecule has 5 nitrogen and oxygen atoms in total. The summed E-state index contributed by atoms with van der Waals surface area (Å²) in [6, 6.07) is -0.00523. The van der Waals surface area contributed by atoms with Crippen LogP contribution in [0.5, 0.6) is 0 Å². The van der Waals surface area contributed by atoms with Crippen molar-refractivity contribution in [1.29, 1.82) is 0 Å². The number of carbonyl (C=O) groups excluding carboxylic acids is 1. The van der Waals surface area contributed by atoms with Crippen LogP contribution in [0.3, 0.4) is 0 Å². The predicted molar refractivity (Wildman–Crippen MR) is 71.7 cm³/mol. The Balaban J connectivity index is 1.98. The molecule has 19 heavy (non-hydrogen) atoms. The summed E-state index contributed by atoms with van der Waals surface area (Å²) < 4.78 is 0. The lowest BCUT2D eigenvalue weighted by molar-refractivity contribution is -0.143. The molecule has 0 aromatic rings. The lowest BCUT2D eigenvalue weighted by atomic mass is 9.93. The molecule has 1 aliphatic carbocycles. The van der Waals surface area contributed by atoms with E-state index in [4.69, 9.17) is 0 Å². The number of nitrogens with one attached hydrogen (secondary N) is 2. The largest absolute Gasteiger partial charge is 0.481 e. The summed E-state index contributed by atoms with van der Waals surface area (Å²) >= 11 is 0. The van der Waals surface area contributed by atoms with Gasteiger partial charge in [-0.2, -0.15) is 0 Å². The standard InChI is InChI=1S/C14H24N2O3/c1-9-10(7-8-15-9)13(17)16-12-6-4-2-3-5-11(12)14(18)19/h9-12,15H,2-8H2,1H3,(H,16,17)(H,18,19). The minimum Gasteiger partial charge on any atom is -0.481 e. The topological polar surface area (TPSA) is 78.4 Å². The van der Waals surface area contributed by atoms with Crippen LogP contribution in [0.25, 0.3) is 0 Å². The minimum atomic E-state index is -0.773. The molecule has 3 N–H and O–H groups in total. The van der Waals surface area contributed by atoms with Crippen molar-refractivity contribution in [3.8, 4) is 0 Å². The number of rotatable bonds is 3. The van der Waals surface area contributed by atoms with Crippen LogP contribution in [0.4, 0.5) is 0 Å². The normalized spacial score (nSPS) is 35.6. The zero-order valence-corrected chi connectivity index (χ0v) is 11.5. The number of hydrogen-bond acceptors (Lipinski definition) is 3. The van der Waals surface area contributed by atoms with E-state index in [1.165, 1.54) is 0 Å². The number of aliphatic carboxylic acids is 1. The number of hydrogen-bond donors (Lipinski definition) is 3. The van der Waals surface area contributed by atoms with E-state index in [9.17, 15) is 14.7 Å². The Bertz CT molecular complexity index is 346. The predicted octanol–water partition coefficient (Wildman–Crippen LogP) is 1.13. The van der Waals surface area contributed by atoms with E-state index < -0.39 is 11.9 Å². The van der Waals surface area contributed by atoms with E-state index in [-0.39, 0.29) is 23.9 Å². The van der Waals surface area contributed by atoms with Gasteiger partial charge in [-0.05, 0) is 32.7 Å². The zero-order chi connectivity index (χ0) is 13.8. The van der Waals surface area contributed by atoms with Gasteiger partial charge in [0.25, 0.3) is 0 Å². The molecule has 1 saturated carbocycles. The van der Waals surface area contributed by atoms with Crippen molar-refractivity contribution in [2.45, 2.75) is 57.5 Å². The highest BCUT2D eigenvalue weighted by atomic mass is 16.4. The van der Waals surface area contributed by atoms with Gasteiger partial charge in [-0.15, -0.1) is 0 Å². The lowest BCUT2D eigenvalue weighted by Crippen LogP contribution is -2.46. The maximum absolute atomic E-state index is 12.3. The van der Waals surface area contributed by atoms with Gasteiger partial charge in [0.1, 0.15) is 0 Å². The molecule has 1 heterocycles. The van der Waals surface area contributed by atoms with Crippen LogP contribution >= 0.6 is 0 Å². The summed E-state index contributed by atoms with van der Waals surface area (Å²) in [6.45, 7) is 2.88. The molecule has 2 aliphatic rings. The van der Waals surface area contributed by atoms with Crippen molar-refractivity contribution >= 4 is 11.9 Å². The van der Waals surface area contributed by atoms with Crippen molar-refractivity contribution < 1.29 is 14.7 Å². The molecule has 1 amide bonds. The molecular formula is C14H24N2O3. The molecule has 0 spiro atoms. The molecule has 2 fully saturated rings. The van der Waals surface area contributed by atoms with Crippen molar-refractivity contribution in [3.63, 3.8) is 0 Å². The van der Waals surface area contributed by atoms with Gasteiger partial charge in [-0.25, -0.2) is 0 Å². The smallest absolute Gasteiger partial charge is 0.308 e. The van der Waals surface area contributed by atoms with Gasteiger partial charge in [0.15, 0.2) is 0 Å². The summed E-state index contributed by atoms with van der Waals surface area (Å²) in [6.07, 6.45) is 5.34. The highest BCUT2D eigenvalue weighted by molar-refractivity contribution is 5.81. The zero-order valence-electron chi connectivity index (χ0n) is 11.5. The maximum atomic E-state index is 12.3. The molecule has 2 rings (SSSR count). The Morgan fingerprint density at radius 3 is 2.47 bits per heavy atom. The van der Waals surface area contributed by atoms with Crippen molar-refractivity contribution in [3.05, 3.63) is 0 Å². The van der Waals surface area contributed by atoms with Crippen LogP contribution in [0.15, 0.2) is 0 Å².